The Bertz CT molecular complexity index is 1550. The van der Waals surface area contributed by atoms with Gasteiger partial charge in [-0.1, -0.05) is 0 Å². The van der Waals surface area contributed by atoms with Gasteiger partial charge in [-0.3, -0.25) is 0 Å². The fraction of sp³-hybridized carbons (Fsp3) is 0.333. The lowest BCUT2D eigenvalue weighted by Crippen LogP contribution is -2.49. The van der Waals surface area contributed by atoms with Crippen molar-refractivity contribution in [2.45, 2.75) is 26.8 Å². The average Bonchev–Trinajstić information content (AvgIpc) is 3.26. The Morgan fingerprint density at radius 3 is 2.41 bits per heavy atom. The van der Waals surface area contributed by atoms with E-state index in [0.29, 0.717) is 48.9 Å². The first kappa shape index (κ1) is 26.3. The average molecular weight is 540 g/mol. The summed E-state index contributed by atoms with van der Waals surface area (Å²) in [6, 6.07) is 7.45. The van der Waals surface area contributed by atoms with E-state index in [2.05, 4.69) is 20.3 Å². The number of anilines is 3. The topological polar surface area (TPSA) is 88.4 Å². The van der Waals surface area contributed by atoms with Crippen LogP contribution in [-0.2, 0) is 4.74 Å². The Morgan fingerprint density at radius 2 is 1.74 bits per heavy atom. The number of carbonyl (C=O) groups excluding carboxylic acids is 1. The van der Waals surface area contributed by atoms with Gasteiger partial charge in [-0.25, -0.2) is 32.9 Å². The molecule has 0 atom stereocenters. The SMILES string of the molecule is COC(=O)N1CCN(c2ccc(Nc3ncc(F)c(-c4cc(F)c5nc(C)n(C(C)C)c5c4)n3)cc2F)CC1. The first-order chi connectivity index (χ1) is 18.7. The summed E-state index contributed by atoms with van der Waals surface area (Å²) >= 11 is 0. The molecule has 1 N–H and O–H groups in total. The zero-order valence-corrected chi connectivity index (χ0v) is 22.0. The lowest BCUT2D eigenvalue weighted by molar-refractivity contribution is 0.121. The highest BCUT2D eigenvalue weighted by atomic mass is 19.1. The molecule has 3 heterocycles. The van der Waals surface area contributed by atoms with Crippen molar-refractivity contribution in [1.29, 1.82) is 0 Å². The Labute approximate surface area is 223 Å². The summed E-state index contributed by atoms with van der Waals surface area (Å²) in [5.41, 5.74) is 1.64. The summed E-state index contributed by atoms with van der Waals surface area (Å²) in [4.78, 5) is 27.7. The molecule has 2 aromatic heterocycles. The van der Waals surface area contributed by atoms with E-state index in [9.17, 15) is 13.6 Å². The molecule has 0 unspecified atom stereocenters. The molecular weight excluding hydrogens is 511 g/mol. The summed E-state index contributed by atoms with van der Waals surface area (Å²) in [6.45, 7) is 7.46. The van der Waals surface area contributed by atoms with E-state index in [0.717, 1.165) is 6.20 Å². The van der Waals surface area contributed by atoms with Crippen molar-refractivity contribution in [3.63, 3.8) is 0 Å². The second-order valence-corrected chi connectivity index (χ2v) is 9.57. The summed E-state index contributed by atoms with van der Waals surface area (Å²) in [5.74, 6) is -1.10. The van der Waals surface area contributed by atoms with E-state index in [4.69, 9.17) is 4.74 Å². The largest absolute Gasteiger partial charge is 0.453 e. The molecule has 1 saturated heterocycles. The Hall–Kier alpha value is -4.35. The number of halogens is 3. The number of ether oxygens (including phenoxy) is 1. The lowest BCUT2D eigenvalue weighted by Gasteiger charge is -2.35. The maximum absolute atomic E-state index is 15.0. The molecule has 0 aliphatic carbocycles. The third-order valence-electron chi connectivity index (χ3n) is 6.72. The fourth-order valence-electron chi connectivity index (χ4n) is 4.92. The summed E-state index contributed by atoms with van der Waals surface area (Å²) in [5, 5.41) is 2.90. The predicted molar refractivity (Wildman–Crippen MR) is 142 cm³/mol. The molecule has 0 radical (unpaired) electrons. The molecule has 0 bridgehead atoms. The summed E-state index contributed by atoms with van der Waals surface area (Å²) < 4.78 is 51.4. The molecule has 1 fully saturated rings. The third kappa shape index (κ3) is 5.06. The van der Waals surface area contributed by atoms with Gasteiger partial charge in [0.25, 0.3) is 0 Å². The van der Waals surface area contributed by atoms with E-state index >= 15 is 4.39 Å². The number of hydrogen-bond donors (Lipinski definition) is 1. The Kier molecular flexibility index (Phi) is 7.02. The highest BCUT2D eigenvalue weighted by Crippen LogP contribution is 2.31. The van der Waals surface area contributed by atoms with Crippen LogP contribution in [0.4, 0.5) is 35.3 Å². The van der Waals surface area contributed by atoms with Gasteiger partial charge in [0.1, 0.15) is 22.9 Å². The van der Waals surface area contributed by atoms with Crippen LogP contribution in [0.1, 0.15) is 25.7 Å². The Balaban J connectivity index is 1.39. The molecule has 0 spiro atoms. The van der Waals surface area contributed by atoms with Gasteiger partial charge in [0, 0.05) is 43.5 Å². The van der Waals surface area contributed by atoms with E-state index in [1.54, 1.807) is 30.0 Å². The van der Waals surface area contributed by atoms with Gasteiger partial charge in [0.15, 0.2) is 11.6 Å². The number of carbonyl (C=O) groups is 1. The minimum absolute atomic E-state index is 0.0201. The van der Waals surface area contributed by atoms with Gasteiger partial charge in [0.2, 0.25) is 5.95 Å². The zero-order valence-electron chi connectivity index (χ0n) is 22.0. The fourth-order valence-corrected chi connectivity index (χ4v) is 4.92. The standard InChI is InChI=1S/C27H28F3N7O2/c1-15(2)37-16(3)32-25-20(29)11-17(12-23(25)37)24-21(30)14-31-26(34-24)33-18-5-6-22(19(28)13-18)35-7-9-36(10-8-35)27(38)39-4/h5-6,11-15H,7-10H2,1-4H3,(H,31,33,34). The van der Waals surface area contributed by atoms with Gasteiger partial charge in [-0.2, -0.15) is 0 Å². The maximum Gasteiger partial charge on any atom is 0.409 e. The number of methoxy groups -OCH3 is 1. The molecule has 39 heavy (non-hydrogen) atoms. The van der Waals surface area contributed by atoms with E-state index < -0.39 is 23.5 Å². The van der Waals surface area contributed by atoms with Crippen LogP contribution >= 0.6 is 0 Å². The number of fused-ring (bicyclic) bond motifs is 1. The van der Waals surface area contributed by atoms with Gasteiger partial charge >= 0.3 is 6.09 Å². The maximum atomic E-state index is 15.0. The minimum Gasteiger partial charge on any atom is -0.453 e. The molecule has 1 aliphatic heterocycles. The molecular formula is C27H28F3N7O2. The van der Waals surface area contributed by atoms with Crippen LogP contribution in [0.15, 0.2) is 36.5 Å². The van der Waals surface area contributed by atoms with Crippen LogP contribution in [0.5, 0.6) is 0 Å². The van der Waals surface area contributed by atoms with Crippen molar-refractivity contribution in [1.82, 2.24) is 24.4 Å². The van der Waals surface area contributed by atoms with Crippen LogP contribution < -0.4 is 10.2 Å². The van der Waals surface area contributed by atoms with Gasteiger partial charge < -0.3 is 24.4 Å². The van der Waals surface area contributed by atoms with Crippen LogP contribution in [-0.4, -0.2) is 63.8 Å². The number of aryl methyl sites for hydroxylation is 1. The molecule has 4 aromatic rings. The molecule has 5 rings (SSSR count). The first-order valence-electron chi connectivity index (χ1n) is 12.5. The van der Waals surface area contributed by atoms with Crippen LogP contribution in [0.25, 0.3) is 22.3 Å². The Morgan fingerprint density at radius 1 is 1.00 bits per heavy atom. The van der Waals surface area contributed by atoms with Crippen LogP contribution in [0.2, 0.25) is 0 Å². The number of hydrogen-bond acceptors (Lipinski definition) is 7. The quantitative estimate of drug-likeness (QED) is 0.362. The molecule has 204 valence electrons. The number of nitrogens with one attached hydrogen (secondary N) is 1. The zero-order chi connectivity index (χ0) is 27.8. The number of piperazine rings is 1. The molecule has 9 nitrogen and oxygen atoms in total. The van der Waals surface area contributed by atoms with Crippen LogP contribution in [0, 0.1) is 24.4 Å². The van der Waals surface area contributed by atoms with Gasteiger partial charge in [-0.15, -0.1) is 0 Å². The smallest absolute Gasteiger partial charge is 0.409 e. The van der Waals surface area contributed by atoms with Gasteiger partial charge in [-0.05, 0) is 51.1 Å². The highest BCUT2D eigenvalue weighted by molar-refractivity contribution is 5.83. The second-order valence-electron chi connectivity index (χ2n) is 9.57. The van der Waals surface area contributed by atoms with Crippen molar-refractivity contribution >= 4 is 34.4 Å². The first-order valence-corrected chi connectivity index (χ1v) is 12.5. The van der Waals surface area contributed by atoms with E-state index in [-0.39, 0.29) is 28.8 Å². The number of nitrogens with zero attached hydrogens (tertiary/aromatic N) is 6. The monoisotopic (exact) mass is 539 g/mol. The van der Waals surface area contributed by atoms with Crippen molar-refractivity contribution in [2.24, 2.45) is 0 Å². The number of amides is 1. The summed E-state index contributed by atoms with van der Waals surface area (Å²) in [6.07, 6.45) is 0.583. The number of benzene rings is 2. The molecule has 2 aromatic carbocycles. The van der Waals surface area contributed by atoms with Crippen molar-refractivity contribution in [3.8, 4) is 11.3 Å². The summed E-state index contributed by atoms with van der Waals surface area (Å²) in [7, 11) is 1.33. The second kappa shape index (κ2) is 10.4. The minimum atomic E-state index is -0.723. The predicted octanol–water partition coefficient (Wildman–Crippen LogP) is 5.43. The number of aromatic nitrogens is 4. The molecule has 1 aliphatic rings. The van der Waals surface area contributed by atoms with Crippen LogP contribution in [0.3, 0.4) is 0 Å². The van der Waals surface area contributed by atoms with Crippen molar-refractivity contribution in [3.05, 3.63) is 59.8 Å². The van der Waals surface area contributed by atoms with E-state index in [1.807, 2.05) is 23.3 Å². The number of rotatable bonds is 5. The highest BCUT2D eigenvalue weighted by Gasteiger charge is 2.23. The van der Waals surface area contributed by atoms with E-state index in [1.165, 1.54) is 19.2 Å². The number of imidazole rings is 1. The van der Waals surface area contributed by atoms with Crippen molar-refractivity contribution in [2.75, 3.05) is 43.5 Å². The lowest BCUT2D eigenvalue weighted by atomic mass is 10.1. The third-order valence-corrected chi connectivity index (χ3v) is 6.72. The molecule has 1 amide bonds. The molecule has 12 heteroatoms. The van der Waals surface area contributed by atoms with Gasteiger partial charge in [0.05, 0.1) is 24.5 Å². The molecule has 0 saturated carbocycles. The van der Waals surface area contributed by atoms with Crippen molar-refractivity contribution < 1.29 is 22.7 Å². The normalized spacial score (nSPS) is 13.8.